The van der Waals surface area contributed by atoms with Crippen molar-refractivity contribution in [2.24, 2.45) is 0 Å². The van der Waals surface area contributed by atoms with Crippen molar-refractivity contribution >= 4 is 12.4 Å². The molecule has 0 N–H and O–H groups in total. The Morgan fingerprint density at radius 1 is 1.17 bits per heavy atom. The van der Waals surface area contributed by atoms with E-state index in [1.54, 1.807) is 0 Å². The molecule has 3 nitrogen and oxygen atoms in total. The van der Waals surface area contributed by atoms with Crippen LogP contribution >= 0.6 is 12.4 Å². The highest BCUT2D eigenvalue weighted by Gasteiger charge is 2.47. The number of hydrogen-bond acceptors (Lipinski definition) is 3. The van der Waals surface area contributed by atoms with E-state index < -0.39 is 5.79 Å². The molecular formula is C20H32ClNO2. The second kappa shape index (κ2) is 9.19. The zero-order valence-corrected chi connectivity index (χ0v) is 15.9. The average molecular weight is 354 g/mol. The summed E-state index contributed by atoms with van der Waals surface area (Å²) in [6, 6.07) is 11.1. The van der Waals surface area contributed by atoms with Gasteiger partial charge in [0, 0.05) is 11.6 Å². The fourth-order valence-electron chi connectivity index (χ4n) is 4.05. The van der Waals surface area contributed by atoms with Gasteiger partial charge in [-0.2, -0.15) is 0 Å². The van der Waals surface area contributed by atoms with Crippen LogP contribution in [0.25, 0.3) is 0 Å². The number of ether oxygens (including phenoxy) is 2. The third-order valence-corrected chi connectivity index (χ3v) is 5.33. The summed E-state index contributed by atoms with van der Waals surface area (Å²) in [5, 5.41) is 0. The van der Waals surface area contributed by atoms with E-state index in [2.05, 4.69) is 49.2 Å². The fourth-order valence-corrected chi connectivity index (χ4v) is 4.05. The largest absolute Gasteiger partial charge is 0.345 e. The molecular weight excluding hydrogens is 322 g/mol. The monoisotopic (exact) mass is 353 g/mol. The van der Waals surface area contributed by atoms with Crippen molar-refractivity contribution in [3.63, 3.8) is 0 Å². The minimum Gasteiger partial charge on any atom is -0.345 e. The Labute approximate surface area is 153 Å². The highest BCUT2D eigenvalue weighted by Crippen LogP contribution is 2.40. The van der Waals surface area contributed by atoms with Gasteiger partial charge in [-0.15, -0.1) is 12.4 Å². The topological polar surface area (TPSA) is 21.7 Å². The van der Waals surface area contributed by atoms with Gasteiger partial charge in [-0.05, 0) is 26.3 Å². The van der Waals surface area contributed by atoms with Crippen LogP contribution in [0.3, 0.4) is 0 Å². The van der Waals surface area contributed by atoms with Crippen LogP contribution in [-0.4, -0.2) is 37.2 Å². The average Bonchev–Trinajstić information content (AvgIpc) is 2.60. The molecule has 1 aromatic carbocycles. The molecule has 2 fully saturated rings. The molecule has 136 valence electrons. The summed E-state index contributed by atoms with van der Waals surface area (Å²) in [6.45, 7) is 3.82. The van der Waals surface area contributed by atoms with Gasteiger partial charge in [0.1, 0.15) is 0 Å². The molecule has 0 aromatic heterocycles. The fraction of sp³-hybridized carbons (Fsp3) is 0.700. The van der Waals surface area contributed by atoms with Crippen molar-refractivity contribution in [1.82, 2.24) is 4.90 Å². The van der Waals surface area contributed by atoms with E-state index >= 15 is 0 Å². The molecule has 0 bridgehead atoms. The van der Waals surface area contributed by atoms with E-state index in [1.165, 1.54) is 32.1 Å². The Bertz CT molecular complexity index is 484. The Morgan fingerprint density at radius 3 is 2.67 bits per heavy atom. The lowest BCUT2D eigenvalue weighted by molar-refractivity contribution is -0.315. The van der Waals surface area contributed by atoms with Gasteiger partial charge in [0.15, 0.2) is 0 Å². The number of fused-ring (bicyclic) bond motifs is 1. The minimum atomic E-state index is -0.595. The first-order valence-electron chi connectivity index (χ1n) is 9.33. The number of hydrogen-bond donors (Lipinski definition) is 0. The number of nitrogens with zero attached hydrogens (tertiary/aromatic N) is 1. The van der Waals surface area contributed by atoms with Crippen molar-refractivity contribution in [3.8, 4) is 0 Å². The van der Waals surface area contributed by atoms with Crippen molar-refractivity contribution < 1.29 is 9.47 Å². The summed E-state index contributed by atoms with van der Waals surface area (Å²) in [4.78, 5) is 2.47. The molecule has 1 saturated heterocycles. The predicted octanol–water partition coefficient (Wildman–Crippen LogP) is 4.74. The molecule has 3 rings (SSSR count). The molecule has 3 unspecified atom stereocenters. The lowest BCUT2D eigenvalue weighted by atomic mass is 9.88. The molecule has 1 saturated carbocycles. The second-order valence-electron chi connectivity index (χ2n) is 7.10. The van der Waals surface area contributed by atoms with Crippen LogP contribution in [0, 0.1) is 0 Å². The second-order valence-corrected chi connectivity index (χ2v) is 7.10. The summed E-state index contributed by atoms with van der Waals surface area (Å²) in [6.07, 6.45) is 8.84. The number of unbranched alkanes of at least 4 members (excludes halogenated alkanes) is 2. The molecule has 1 aliphatic carbocycles. The first kappa shape index (κ1) is 19.7. The summed E-state index contributed by atoms with van der Waals surface area (Å²) in [5.74, 6) is -0.595. The minimum absolute atomic E-state index is 0. The lowest BCUT2D eigenvalue weighted by Gasteiger charge is -2.51. The SMILES string of the molecule is CCCCCOC1(c2ccccc2)CN(C)C2CCCCC2O1.Cl. The Balaban J connectivity index is 0.00000208. The summed E-state index contributed by atoms with van der Waals surface area (Å²) >= 11 is 0. The molecule has 0 radical (unpaired) electrons. The van der Waals surface area contributed by atoms with E-state index in [9.17, 15) is 0 Å². The zero-order chi connectivity index (χ0) is 16.1. The molecule has 1 aliphatic heterocycles. The van der Waals surface area contributed by atoms with Gasteiger partial charge < -0.3 is 9.47 Å². The first-order chi connectivity index (χ1) is 11.2. The van der Waals surface area contributed by atoms with E-state index in [-0.39, 0.29) is 12.4 Å². The van der Waals surface area contributed by atoms with Crippen LogP contribution in [0.2, 0.25) is 0 Å². The molecule has 1 aromatic rings. The highest BCUT2D eigenvalue weighted by atomic mass is 35.5. The smallest absolute Gasteiger partial charge is 0.208 e. The number of morpholine rings is 1. The van der Waals surface area contributed by atoms with Gasteiger partial charge in [0.25, 0.3) is 0 Å². The summed E-state index contributed by atoms with van der Waals surface area (Å²) in [7, 11) is 2.23. The summed E-state index contributed by atoms with van der Waals surface area (Å²) < 4.78 is 13.1. The van der Waals surface area contributed by atoms with Crippen LogP contribution in [0.5, 0.6) is 0 Å². The van der Waals surface area contributed by atoms with Gasteiger partial charge in [0.05, 0.1) is 19.3 Å². The molecule has 0 spiro atoms. The maximum absolute atomic E-state index is 6.65. The molecule has 0 amide bonds. The number of likely N-dealkylation sites (N-methyl/N-ethyl adjacent to an activating group) is 1. The van der Waals surface area contributed by atoms with Crippen molar-refractivity contribution in [2.75, 3.05) is 20.2 Å². The van der Waals surface area contributed by atoms with E-state index in [0.29, 0.717) is 12.1 Å². The highest BCUT2D eigenvalue weighted by molar-refractivity contribution is 5.85. The molecule has 3 atom stereocenters. The van der Waals surface area contributed by atoms with Gasteiger partial charge in [-0.1, -0.05) is 62.9 Å². The maximum atomic E-state index is 6.65. The Morgan fingerprint density at radius 2 is 1.92 bits per heavy atom. The van der Waals surface area contributed by atoms with Crippen LogP contribution in [0.4, 0.5) is 0 Å². The standard InChI is InChI=1S/C20H31NO2.ClH/c1-3-4-10-15-22-20(17-11-6-5-7-12-17)16-21(2)18-13-8-9-14-19(18)23-20;/h5-7,11-12,18-19H,3-4,8-10,13-16H2,1-2H3;1H. The Kier molecular flexibility index (Phi) is 7.55. The predicted molar refractivity (Wildman–Crippen MR) is 101 cm³/mol. The van der Waals surface area contributed by atoms with E-state index in [4.69, 9.17) is 9.47 Å². The third-order valence-electron chi connectivity index (χ3n) is 5.33. The van der Waals surface area contributed by atoms with Crippen molar-refractivity contribution in [1.29, 1.82) is 0 Å². The molecule has 24 heavy (non-hydrogen) atoms. The van der Waals surface area contributed by atoms with Crippen LogP contribution in [0.15, 0.2) is 30.3 Å². The molecule has 2 aliphatic rings. The van der Waals surface area contributed by atoms with Gasteiger partial charge in [0.2, 0.25) is 5.79 Å². The maximum Gasteiger partial charge on any atom is 0.208 e. The quantitative estimate of drug-likeness (QED) is 0.689. The number of rotatable bonds is 6. The number of halogens is 1. The number of benzene rings is 1. The molecule has 1 heterocycles. The van der Waals surface area contributed by atoms with Crippen molar-refractivity contribution in [2.45, 2.75) is 69.8 Å². The van der Waals surface area contributed by atoms with Gasteiger partial charge >= 0.3 is 0 Å². The van der Waals surface area contributed by atoms with Gasteiger partial charge in [-0.25, -0.2) is 0 Å². The lowest BCUT2D eigenvalue weighted by Crippen LogP contribution is -2.60. The van der Waals surface area contributed by atoms with Crippen LogP contribution in [-0.2, 0) is 15.3 Å². The van der Waals surface area contributed by atoms with Crippen LogP contribution < -0.4 is 0 Å². The van der Waals surface area contributed by atoms with Crippen LogP contribution in [0.1, 0.15) is 57.4 Å². The normalized spacial score (nSPS) is 30.4. The van der Waals surface area contributed by atoms with Gasteiger partial charge in [-0.3, -0.25) is 4.90 Å². The Hall–Kier alpha value is -0.610. The molecule has 4 heteroatoms. The third kappa shape index (κ3) is 4.32. The first-order valence-corrected chi connectivity index (χ1v) is 9.33. The van der Waals surface area contributed by atoms with E-state index in [1.807, 2.05) is 0 Å². The van der Waals surface area contributed by atoms with Crippen molar-refractivity contribution in [3.05, 3.63) is 35.9 Å². The van der Waals surface area contributed by atoms with E-state index in [0.717, 1.165) is 31.6 Å². The zero-order valence-electron chi connectivity index (χ0n) is 15.1. The summed E-state index contributed by atoms with van der Waals surface area (Å²) in [5.41, 5.74) is 1.16.